The number of amides is 1. The highest BCUT2D eigenvalue weighted by molar-refractivity contribution is 5.92. The smallest absolute Gasteiger partial charge is 0.274 e. The fourth-order valence-corrected chi connectivity index (χ4v) is 1.79. The second kappa shape index (κ2) is 6.00. The summed E-state index contributed by atoms with van der Waals surface area (Å²) >= 11 is 0. The van der Waals surface area contributed by atoms with Gasteiger partial charge in [-0.1, -0.05) is 6.07 Å². The molecule has 108 valence electrons. The summed E-state index contributed by atoms with van der Waals surface area (Å²) in [5, 5.41) is 13.5. The van der Waals surface area contributed by atoms with Gasteiger partial charge in [0.1, 0.15) is 0 Å². The van der Waals surface area contributed by atoms with Crippen LogP contribution in [-0.2, 0) is 11.2 Å². The molecule has 0 bridgehead atoms. The highest BCUT2D eigenvalue weighted by Gasteiger charge is 2.12. The van der Waals surface area contributed by atoms with Crippen LogP contribution in [0.3, 0.4) is 0 Å². The van der Waals surface area contributed by atoms with E-state index in [-0.39, 0.29) is 18.0 Å². The molecule has 7 nitrogen and oxygen atoms in total. The lowest BCUT2D eigenvalue weighted by Gasteiger charge is -2.06. The van der Waals surface area contributed by atoms with Crippen molar-refractivity contribution in [3.63, 3.8) is 0 Å². The molecule has 0 unspecified atom stereocenters. The van der Waals surface area contributed by atoms with E-state index >= 15 is 0 Å². The third-order valence-electron chi connectivity index (χ3n) is 2.88. The molecule has 0 fully saturated rings. The van der Waals surface area contributed by atoms with Crippen LogP contribution in [0.15, 0.2) is 36.5 Å². The van der Waals surface area contributed by atoms with Gasteiger partial charge < -0.3 is 11.1 Å². The van der Waals surface area contributed by atoms with Gasteiger partial charge in [-0.05, 0) is 25.1 Å². The topological polar surface area (TPSA) is 111 Å². The molecule has 0 saturated carbocycles. The first-order valence-electron chi connectivity index (χ1n) is 6.21. The molecule has 1 amide bonds. The van der Waals surface area contributed by atoms with E-state index in [2.05, 4.69) is 10.3 Å². The molecule has 21 heavy (non-hydrogen) atoms. The van der Waals surface area contributed by atoms with Crippen molar-refractivity contribution in [1.82, 2.24) is 4.98 Å². The number of hydrogen-bond donors (Lipinski definition) is 2. The number of hydrogen-bond acceptors (Lipinski definition) is 5. The molecule has 7 heteroatoms. The fraction of sp³-hybridized carbons (Fsp3) is 0.143. The van der Waals surface area contributed by atoms with E-state index < -0.39 is 4.92 Å². The third-order valence-corrected chi connectivity index (χ3v) is 2.88. The summed E-state index contributed by atoms with van der Waals surface area (Å²) in [6.45, 7) is 1.64. The van der Waals surface area contributed by atoms with Gasteiger partial charge in [-0.15, -0.1) is 0 Å². The molecule has 0 aliphatic heterocycles. The van der Waals surface area contributed by atoms with Crippen molar-refractivity contribution in [2.75, 3.05) is 11.1 Å². The zero-order valence-corrected chi connectivity index (χ0v) is 11.4. The van der Waals surface area contributed by atoms with Gasteiger partial charge in [0.2, 0.25) is 5.91 Å². The number of aryl methyl sites for hydroxylation is 1. The molecule has 0 atom stereocenters. The predicted molar refractivity (Wildman–Crippen MR) is 78.8 cm³/mol. The monoisotopic (exact) mass is 286 g/mol. The molecule has 0 aliphatic carbocycles. The SMILES string of the molecule is Cc1ccc(NC(=O)Cc2ccc(N)cn2)cc1[N+](=O)[O-]. The quantitative estimate of drug-likeness (QED) is 0.660. The summed E-state index contributed by atoms with van der Waals surface area (Å²) < 4.78 is 0. The normalized spacial score (nSPS) is 10.1. The molecule has 0 spiro atoms. The molecule has 2 rings (SSSR count). The molecular weight excluding hydrogens is 272 g/mol. The van der Waals surface area contributed by atoms with Gasteiger partial charge in [0.05, 0.1) is 23.2 Å². The molecule has 0 aliphatic rings. The van der Waals surface area contributed by atoms with Crippen LogP contribution in [-0.4, -0.2) is 15.8 Å². The first-order chi connectivity index (χ1) is 9.95. The molecule has 3 N–H and O–H groups in total. The number of rotatable bonds is 4. The Morgan fingerprint density at radius 1 is 1.38 bits per heavy atom. The number of nitro groups is 1. The number of carbonyl (C=O) groups is 1. The Labute approximate surface area is 121 Å². The first kappa shape index (κ1) is 14.4. The van der Waals surface area contributed by atoms with Gasteiger partial charge in [0.25, 0.3) is 5.69 Å². The van der Waals surface area contributed by atoms with E-state index in [1.165, 1.54) is 12.3 Å². The number of nitrogens with zero attached hydrogens (tertiary/aromatic N) is 2. The molecule has 2 aromatic rings. The fourth-order valence-electron chi connectivity index (χ4n) is 1.79. The second-order valence-electron chi connectivity index (χ2n) is 4.57. The number of nitro benzene ring substituents is 1. The predicted octanol–water partition coefficient (Wildman–Crippen LogP) is 2.06. The van der Waals surface area contributed by atoms with Gasteiger partial charge in [0.15, 0.2) is 0 Å². The Morgan fingerprint density at radius 3 is 2.76 bits per heavy atom. The number of nitrogen functional groups attached to an aromatic ring is 1. The Balaban J connectivity index is 2.07. The van der Waals surface area contributed by atoms with Crippen LogP contribution >= 0.6 is 0 Å². The average Bonchev–Trinajstić information content (AvgIpc) is 2.43. The van der Waals surface area contributed by atoms with Crippen molar-refractivity contribution in [3.05, 3.63) is 57.9 Å². The molecule has 1 heterocycles. The maximum Gasteiger partial charge on any atom is 0.274 e. The van der Waals surface area contributed by atoms with Crippen molar-refractivity contribution in [1.29, 1.82) is 0 Å². The minimum absolute atomic E-state index is 0.0293. The highest BCUT2D eigenvalue weighted by Crippen LogP contribution is 2.22. The maximum atomic E-state index is 11.9. The van der Waals surface area contributed by atoms with Crippen LogP contribution < -0.4 is 11.1 Å². The average molecular weight is 286 g/mol. The van der Waals surface area contributed by atoms with Gasteiger partial charge in [0, 0.05) is 23.0 Å². The van der Waals surface area contributed by atoms with Crippen molar-refractivity contribution in [3.8, 4) is 0 Å². The lowest BCUT2D eigenvalue weighted by Crippen LogP contribution is -2.15. The number of anilines is 2. The summed E-state index contributed by atoms with van der Waals surface area (Å²) in [4.78, 5) is 26.3. The number of pyridine rings is 1. The van der Waals surface area contributed by atoms with Gasteiger partial charge >= 0.3 is 0 Å². The summed E-state index contributed by atoms with van der Waals surface area (Å²) in [5.74, 6) is -0.301. The van der Waals surface area contributed by atoms with Crippen LogP contribution in [0.25, 0.3) is 0 Å². The Bertz CT molecular complexity index is 683. The number of carbonyl (C=O) groups excluding carboxylic acids is 1. The summed E-state index contributed by atoms with van der Waals surface area (Å²) in [6, 6.07) is 7.87. The summed E-state index contributed by atoms with van der Waals surface area (Å²) in [6.07, 6.45) is 1.54. The zero-order chi connectivity index (χ0) is 15.4. The van der Waals surface area contributed by atoms with E-state index in [1.807, 2.05) is 0 Å². The lowest BCUT2D eigenvalue weighted by atomic mass is 10.2. The minimum atomic E-state index is -0.480. The number of nitrogens with two attached hydrogens (primary N) is 1. The van der Waals surface area contributed by atoms with Crippen LogP contribution in [0.4, 0.5) is 17.1 Å². The Morgan fingerprint density at radius 2 is 2.14 bits per heavy atom. The largest absolute Gasteiger partial charge is 0.397 e. The van der Waals surface area contributed by atoms with E-state index in [9.17, 15) is 14.9 Å². The molecule has 1 aromatic carbocycles. The van der Waals surface area contributed by atoms with E-state index in [4.69, 9.17) is 5.73 Å². The number of aromatic nitrogens is 1. The molecule has 0 saturated heterocycles. The number of benzene rings is 1. The zero-order valence-electron chi connectivity index (χ0n) is 11.4. The van der Waals surface area contributed by atoms with Crippen LogP contribution in [0, 0.1) is 17.0 Å². The van der Waals surface area contributed by atoms with Crippen molar-refractivity contribution in [2.45, 2.75) is 13.3 Å². The summed E-state index contributed by atoms with van der Waals surface area (Å²) in [7, 11) is 0. The van der Waals surface area contributed by atoms with E-state index in [1.54, 1.807) is 31.2 Å². The van der Waals surface area contributed by atoms with Gasteiger partial charge in [-0.2, -0.15) is 0 Å². The Kier molecular flexibility index (Phi) is 4.13. The van der Waals surface area contributed by atoms with Crippen molar-refractivity contribution >= 4 is 23.0 Å². The molecule has 0 radical (unpaired) electrons. The van der Waals surface area contributed by atoms with Crippen molar-refractivity contribution in [2.24, 2.45) is 0 Å². The molecular formula is C14H14N4O3. The minimum Gasteiger partial charge on any atom is -0.397 e. The second-order valence-corrected chi connectivity index (χ2v) is 4.57. The first-order valence-corrected chi connectivity index (χ1v) is 6.21. The Hall–Kier alpha value is -2.96. The van der Waals surface area contributed by atoms with Gasteiger partial charge in [-0.25, -0.2) is 0 Å². The summed E-state index contributed by atoms with van der Waals surface area (Å²) in [5.41, 5.74) is 7.50. The van der Waals surface area contributed by atoms with E-state index in [0.29, 0.717) is 22.6 Å². The van der Waals surface area contributed by atoms with Gasteiger partial charge in [-0.3, -0.25) is 19.9 Å². The third kappa shape index (κ3) is 3.75. The highest BCUT2D eigenvalue weighted by atomic mass is 16.6. The lowest BCUT2D eigenvalue weighted by molar-refractivity contribution is -0.385. The van der Waals surface area contributed by atoms with E-state index in [0.717, 1.165) is 0 Å². The van der Waals surface area contributed by atoms with Crippen LogP contribution in [0.5, 0.6) is 0 Å². The standard InChI is InChI=1S/C14H14N4O3/c1-9-2-4-12(6-13(9)18(20)21)17-14(19)7-11-5-3-10(15)8-16-11/h2-6,8H,7,15H2,1H3,(H,17,19). The number of nitrogens with one attached hydrogen (secondary N) is 1. The van der Waals surface area contributed by atoms with Crippen molar-refractivity contribution < 1.29 is 9.72 Å². The molecule has 1 aromatic heterocycles. The maximum absolute atomic E-state index is 11.9. The van der Waals surface area contributed by atoms with Crippen LogP contribution in [0.1, 0.15) is 11.3 Å². The van der Waals surface area contributed by atoms with Crippen LogP contribution in [0.2, 0.25) is 0 Å².